The number of hydrogen-bond donors (Lipinski definition) is 3. The molecule has 1 saturated heterocycles. The van der Waals surface area contributed by atoms with Crippen LogP contribution in [0.2, 0.25) is 0 Å². The normalized spacial score (nSPS) is 25.0. The van der Waals surface area contributed by atoms with Crippen LogP contribution < -0.4 is 10.6 Å². The first-order valence-corrected chi connectivity index (χ1v) is 8.84. The van der Waals surface area contributed by atoms with Crippen molar-refractivity contribution in [3.05, 3.63) is 36.3 Å². The molecule has 0 spiro atoms. The van der Waals surface area contributed by atoms with Gasteiger partial charge in [0, 0.05) is 18.4 Å². The van der Waals surface area contributed by atoms with Gasteiger partial charge in [0.05, 0.1) is 6.10 Å². The first-order chi connectivity index (χ1) is 11.7. The average Bonchev–Trinajstić information content (AvgIpc) is 3.02. The summed E-state index contributed by atoms with van der Waals surface area (Å²) in [5.41, 5.74) is 1.24. The Labute approximate surface area is 153 Å². The van der Waals surface area contributed by atoms with Gasteiger partial charge in [-0.2, -0.15) is 0 Å². The molecular weight excluding hydrogens is 340 g/mol. The molecule has 1 saturated carbocycles. The molecule has 2 aromatic rings. The molecule has 0 radical (unpaired) electrons. The minimum Gasteiger partial charge on any atom is -0.393 e. The maximum absolute atomic E-state index is 12.7. The molecule has 3 heterocycles. The number of halogens is 1. The summed E-state index contributed by atoms with van der Waals surface area (Å²) in [5.74, 6) is 0.748. The summed E-state index contributed by atoms with van der Waals surface area (Å²) >= 11 is 0. The van der Waals surface area contributed by atoms with Gasteiger partial charge in [0.25, 0.3) is 5.91 Å². The highest BCUT2D eigenvalue weighted by molar-refractivity contribution is 5.93. The number of hydrogen-bond acceptors (Lipinski definition) is 4. The number of aliphatic hydroxyl groups is 1. The molecule has 6 nitrogen and oxygen atoms in total. The van der Waals surface area contributed by atoms with Gasteiger partial charge in [-0.05, 0) is 62.7 Å². The van der Waals surface area contributed by atoms with Crippen molar-refractivity contribution < 1.29 is 9.90 Å². The fourth-order valence-electron chi connectivity index (χ4n) is 4.02. The van der Waals surface area contributed by atoms with Crippen molar-refractivity contribution >= 4 is 24.0 Å². The molecule has 7 heteroatoms. The highest BCUT2D eigenvalue weighted by Crippen LogP contribution is 2.35. The molecule has 25 heavy (non-hydrogen) atoms. The Morgan fingerprint density at radius 3 is 2.72 bits per heavy atom. The number of carbonyl (C=O) groups is 1. The van der Waals surface area contributed by atoms with Crippen molar-refractivity contribution in [3.63, 3.8) is 0 Å². The van der Waals surface area contributed by atoms with E-state index < -0.39 is 0 Å². The van der Waals surface area contributed by atoms with E-state index in [9.17, 15) is 9.90 Å². The van der Waals surface area contributed by atoms with Crippen LogP contribution in [-0.4, -0.2) is 45.6 Å². The van der Waals surface area contributed by atoms with Crippen LogP contribution in [0.5, 0.6) is 0 Å². The Balaban J connectivity index is 0.00000182. The summed E-state index contributed by atoms with van der Waals surface area (Å²) in [4.78, 5) is 17.1. The minimum absolute atomic E-state index is 0. The number of fused-ring (bicyclic) bond motifs is 1. The number of nitrogens with zero attached hydrogens (tertiary/aromatic N) is 2. The lowest BCUT2D eigenvalue weighted by Gasteiger charge is -2.43. The van der Waals surface area contributed by atoms with Crippen LogP contribution in [0, 0.1) is 11.8 Å². The molecule has 4 rings (SSSR count). The van der Waals surface area contributed by atoms with Crippen LogP contribution in [0.1, 0.15) is 36.2 Å². The standard InChI is InChI=1S/C18H24N4O2.ClH/c23-14-9-13(10-14)17(12-4-6-19-7-5-12)21-18(24)15-11-22-8-2-1-3-16(22)20-15;/h1-3,8,11-14,17,19,23H,4-7,9-10H2,(H,21,24);1H. The van der Waals surface area contributed by atoms with Gasteiger partial charge in [-0.15, -0.1) is 12.4 Å². The van der Waals surface area contributed by atoms with E-state index in [2.05, 4.69) is 15.6 Å². The summed E-state index contributed by atoms with van der Waals surface area (Å²) < 4.78 is 1.86. The highest BCUT2D eigenvalue weighted by atomic mass is 35.5. The van der Waals surface area contributed by atoms with Crippen LogP contribution in [0.25, 0.3) is 5.65 Å². The van der Waals surface area contributed by atoms with Crippen molar-refractivity contribution in [3.8, 4) is 0 Å². The Hall–Kier alpha value is -1.63. The number of piperidine rings is 1. The van der Waals surface area contributed by atoms with Gasteiger partial charge in [0.15, 0.2) is 0 Å². The lowest BCUT2D eigenvalue weighted by molar-refractivity contribution is 0.00914. The lowest BCUT2D eigenvalue weighted by Crippen LogP contribution is -2.52. The zero-order valence-electron chi connectivity index (χ0n) is 14.1. The second kappa shape index (κ2) is 7.72. The molecule has 2 aliphatic rings. The van der Waals surface area contributed by atoms with E-state index in [1.807, 2.05) is 28.8 Å². The smallest absolute Gasteiger partial charge is 0.271 e. The Bertz CT molecular complexity index is 690. The van der Waals surface area contributed by atoms with Gasteiger partial charge in [0.1, 0.15) is 11.3 Å². The van der Waals surface area contributed by atoms with E-state index in [4.69, 9.17) is 0 Å². The number of aliphatic hydroxyl groups excluding tert-OH is 1. The molecule has 1 unspecified atom stereocenters. The van der Waals surface area contributed by atoms with Crippen molar-refractivity contribution in [2.45, 2.75) is 37.8 Å². The van der Waals surface area contributed by atoms with Crippen molar-refractivity contribution in [2.24, 2.45) is 11.8 Å². The van der Waals surface area contributed by atoms with Crippen molar-refractivity contribution in [2.75, 3.05) is 13.1 Å². The largest absolute Gasteiger partial charge is 0.393 e. The summed E-state index contributed by atoms with van der Waals surface area (Å²) in [7, 11) is 0. The molecular formula is C18H25ClN4O2. The third kappa shape index (κ3) is 3.81. The molecule has 1 amide bonds. The zero-order valence-corrected chi connectivity index (χ0v) is 14.9. The third-order valence-electron chi connectivity index (χ3n) is 5.44. The SMILES string of the molecule is Cl.O=C(NC(C1CCNCC1)C1CC(O)C1)c1cn2ccccc2n1. The summed E-state index contributed by atoms with van der Waals surface area (Å²) in [6.45, 7) is 2.00. The summed E-state index contributed by atoms with van der Waals surface area (Å²) in [6.07, 6.45) is 7.20. The monoisotopic (exact) mass is 364 g/mol. The number of amides is 1. The van der Waals surface area contributed by atoms with Gasteiger partial charge >= 0.3 is 0 Å². The van der Waals surface area contributed by atoms with E-state index in [-0.39, 0.29) is 30.5 Å². The first kappa shape index (κ1) is 18.2. The van der Waals surface area contributed by atoms with E-state index in [1.165, 1.54) is 0 Å². The van der Waals surface area contributed by atoms with Crippen molar-refractivity contribution in [1.82, 2.24) is 20.0 Å². The van der Waals surface area contributed by atoms with Gasteiger partial charge in [-0.3, -0.25) is 4.79 Å². The molecule has 1 atom stereocenters. The van der Waals surface area contributed by atoms with Gasteiger partial charge < -0.3 is 20.1 Å². The minimum atomic E-state index is -0.202. The van der Waals surface area contributed by atoms with Gasteiger partial charge in [-0.1, -0.05) is 6.07 Å². The topological polar surface area (TPSA) is 78.7 Å². The van der Waals surface area contributed by atoms with Crippen LogP contribution >= 0.6 is 12.4 Å². The van der Waals surface area contributed by atoms with Crippen LogP contribution in [-0.2, 0) is 0 Å². The molecule has 0 aromatic carbocycles. The van der Waals surface area contributed by atoms with E-state index in [0.29, 0.717) is 17.5 Å². The fourth-order valence-corrected chi connectivity index (χ4v) is 4.02. The third-order valence-corrected chi connectivity index (χ3v) is 5.44. The number of imidazole rings is 1. The number of nitrogens with one attached hydrogen (secondary N) is 2. The molecule has 1 aliphatic carbocycles. The molecule has 1 aliphatic heterocycles. The highest BCUT2D eigenvalue weighted by Gasteiger charge is 2.39. The fraction of sp³-hybridized carbons (Fsp3) is 0.556. The molecule has 136 valence electrons. The van der Waals surface area contributed by atoms with E-state index >= 15 is 0 Å². The zero-order chi connectivity index (χ0) is 16.5. The summed E-state index contributed by atoms with van der Waals surface area (Å²) in [5, 5.41) is 16.3. The second-order valence-electron chi connectivity index (χ2n) is 7.06. The average molecular weight is 365 g/mol. The van der Waals surface area contributed by atoms with E-state index in [1.54, 1.807) is 6.20 Å². The number of rotatable bonds is 4. The molecule has 2 aromatic heterocycles. The maximum atomic E-state index is 12.7. The molecule has 2 fully saturated rings. The van der Waals surface area contributed by atoms with Crippen LogP contribution in [0.4, 0.5) is 0 Å². The Morgan fingerprint density at radius 1 is 1.28 bits per heavy atom. The quantitative estimate of drug-likeness (QED) is 0.770. The van der Waals surface area contributed by atoms with E-state index in [0.717, 1.165) is 44.4 Å². The van der Waals surface area contributed by atoms with Crippen molar-refractivity contribution in [1.29, 1.82) is 0 Å². The number of carbonyl (C=O) groups excluding carboxylic acids is 1. The second-order valence-corrected chi connectivity index (χ2v) is 7.06. The summed E-state index contributed by atoms with van der Waals surface area (Å²) in [6, 6.07) is 5.86. The Kier molecular flexibility index (Phi) is 5.61. The maximum Gasteiger partial charge on any atom is 0.271 e. The predicted molar refractivity (Wildman–Crippen MR) is 98.0 cm³/mol. The predicted octanol–water partition coefficient (Wildman–Crippen LogP) is 1.62. The van der Waals surface area contributed by atoms with Crippen LogP contribution in [0.15, 0.2) is 30.6 Å². The lowest BCUT2D eigenvalue weighted by atomic mass is 9.71. The van der Waals surface area contributed by atoms with Gasteiger partial charge in [-0.25, -0.2) is 4.98 Å². The van der Waals surface area contributed by atoms with Crippen LogP contribution in [0.3, 0.4) is 0 Å². The van der Waals surface area contributed by atoms with Gasteiger partial charge in [0.2, 0.25) is 0 Å². The number of pyridine rings is 1. The molecule has 3 N–H and O–H groups in total. The molecule has 0 bridgehead atoms. The first-order valence-electron chi connectivity index (χ1n) is 8.84. The Morgan fingerprint density at radius 2 is 2.04 bits per heavy atom. The number of aromatic nitrogens is 2.